The van der Waals surface area contributed by atoms with E-state index in [1.165, 1.54) is 19.3 Å². The predicted molar refractivity (Wildman–Crippen MR) is 48.2 cm³/mol. The van der Waals surface area contributed by atoms with Crippen LogP contribution >= 0.6 is 0 Å². The predicted octanol–water partition coefficient (Wildman–Crippen LogP) is 2.20. The maximum atomic E-state index is 8.69. The number of hydrogen-bond acceptors (Lipinski definition) is 1. The Morgan fingerprint density at radius 3 is 2.64 bits per heavy atom. The first-order valence-electron chi connectivity index (χ1n) is 4.39. The Morgan fingerprint density at radius 1 is 1.45 bits per heavy atom. The minimum absolute atomic E-state index is 0.274. The fraction of sp³-hybridized carbons (Fsp3) is 0.800. The van der Waals surface area contributed by atoms with Crippen LogP contribution in [0.4, 0.5) is 0 Å². The van der Waals surface area contributed by atoms with Crippen molar-refractivity contribution in [3.05, 3.63) is 0 Å². The number of hydrogen-bond donors (Lipinski definition) is 1. The van der Waals surface area contributed by atoms with Crippen molar-refractivity contribution in [2.45, 2.75) is 39.0 Å². The van der Waals surface area contributed by atoms with E-state index in [2.05, 4.69) is 12.8 Å². The van der Waals surface area contributed by atoms with E-state index in [9.17, 15) is 0 Å². The molecule has 0 radical (unpaired) electrons. The van der Waals surface area contributed by atoms with Gasteiger partial charge in [-0.05, 0) is 18.8 Å². The van der Waals surface area contributed by atoms with Gasteiger partial charge in [0, 0.05) is 13.0 Å². The zero-order chi connectivity index (χ0) is 8.53. The zero-order valence-electron chi connectivity index (χ0n) is 7.34. The fourth-order valence-corrected chi connectivity index (χ4v) is 1.19. The molecule has 0 aromatic carbocycles. The fourth-order valence-electron chi connectivity index (χ4n) is 1.19. The van der Waals surface area contributed by atoms with Crippen molar-refractivity contribution < 1.29 is 5.11 Å². The van der Waals surface area contributed by atoms with Gasteiger partial charge in [-0.2, -0.15) is 0 Å². The molecule has 1 heteroatoms. The van der Waals surface area contributed by atoms with E-state index in [-0.39, 0.29) is 6.61 Å². The van der Waals surface area contributed by atoms with Crippen molar-refractivity contribution in [2.75, 3.05) is 6.61 Å². The second-order valence-corrected chi connectivity index (χ2v) is 2.93. The maximum Gasteiger partial charge on any atom is 0.0434 e. The van der Waals surface area contributed by atoms with E-state index in [0.717, 1.165) is 12.8 Å². The first kappa shape index (κ1) is 10.5. The maximum absolute atomic E-state index is 8.69. The first-order chi connectivity index (χ1) is 5.35. The third-order valence-corrected chi connectivity index (χ3v) is 1.91. The topological polar surface area (TPSA) is 20.2 Å². The summed E-state index contributed by atoms with van der Waals surface area (Å²) in [6, 6.07) is 0. The molecule has 1 atom stereocenters. The van der Waals surface area contributed by atoms with Crippen molar-refractivity contribution >= 4 is 0 Å². The lowest BCUT2D eigenvalue weighted by molar-refractivity contribution is 0.251. The van der Waals surface area contributed by atoms with Crippen LogP contribution in [0.25, 0.3) is 0 Å². The van der Waals surface area contributed by atoms with Crippen LogP contribution in [0, 0.1) is 18.3 Å². The molecule has 11 heavy (non-hydrogen) atoms. The molecule has 0 aliphatic heterocycles. The third kappa shape index (κ3) is 5.94. The van der Waals surface area contributed by atoms with Gasteiger partial charge in [-0.3, -0.25) is 0 Å². The number of rotatable bonds is 6. The highest BCUT2D eigenvalue weighted by Gasteiger charge is 2.04. The Balaban J connectivity index is 3.44. The van der Waals surface area contributed by atoms with E-state index < -0.39 is 0 Å². The first-order valence-corrected chi connectivity index (χ1v) is 4.39. The number of aliphatic hydroxyl groups is 1. The summed E-state index contributed by atoms with van der Waals surface area (Å²) in [4.78, 5) is 0. The van der Waals surface area contributed by atoms with Gasteiger partial charge in [0.15, 0.2) is 0 Å². The van der Waals surface area contributed by atoms with Crippen LogP contribution in [0.5, 0.6) is 0 Å². The summed E-state index contributed by atoms with van der Waals surface area (Å²) in [6.45, 7) is 2.45. The van der Waals surface area contributed by atoms with Gasteiger partial charge in [0.2, 0.25) is 0 Å². The standard InChI is InChI=1S/C10H18O/c1-3-5-7-10(6-4-2)8-9-11/h2,10-11H,3,5-9H2,1H3. The summed E-state index contributed by atoms with van der Waals surface area (Å²) in [5.41, 5.74) is 0. The van der Waals surface area contributed by atoms with Crippen LogP contribution in [0.2, 0.25) is 0 Å². The molecule has 0 heterocycles. The summed E-state index contributed by atoms with van der Waals surface area (Å²) >= 11 is 0. The number of unbranched alkanes of at least 4 members (excludes halogenated alkanes) is 1. The zero-order valence-corrected chi connectivity index (χ0v) is 7.34. The molecule has 1 nitrogen and oxygen atoms in total. The molecule has 0 rings (SSSR count). The highest BCUT2D eigenvalue weighted by molar-refractivity contribution is 4.86. The van der Waals surface area contributed by atoms with Gasteiger partial charge in [0.05, 0.1) is 0 Å². The van der Waals surface area contributed by atoms with E-state index in [1.54, 1.807) is 0 Å². The van der Waals surface area contributed by atoms with E-state index in [1.807, 2.05) is 0 Å². The Bertz CT molecular complexity index is 113. The summed E-state index contributed by atoms with van der Waals surface area (Å²) in [7, 11) is 0. The molecule has 1 N–H and O–H groups in total. The van der Waals surface area contributed by atoms with Crippen molar-refractivity contribution in [1.29, 1.82) is 0 Å². The Morgan fingerprint density at radius 2 is 2.18 bits per heavy atom. The van der Waals surface area contributed by atoms with Crippen LogP contribution in [0.15, 0.2) is 0 Å². The summed E-state index contributed by atoms with van der Waals surface area (Å²) in [5.74, 6) is 3.20. The number of aliphatic hydroxyl groups excluding tert-OH is 1. The van der Waals surface area contributed by atoms with Gasteiger partial charge >= 0.3 is 0 Å². The molecule has 0 saturated heterocycles. The molecule has 0 fully saturated rings. The Labute approximate surface area is 69.8 Å². The SMILES string of the molecule is C#CCC(CCO)CCCC. The minimum atomic E-state index is 0.274. The molecule has 0 amide bonds. The van der Waals surface area contributed by atoms with Gasteiger partial charge < -0.3 is 5.11 Å². The Hall–Kier alpha value is -0.480. The second-order valence-electron chi connectivity index (χ2n) is 2.93. The van der Waals surface area contributed by atoms with Gasteiger partial charge in [0.25, 0.3) is 0 Å². The van der Waals surface area contributed by atoms with Gasteiger partial charge in [-0.1, -0.05) is 19.8 Å². The molecule has 64 valence electrons. The molecule has 0 aromatic rings. The number of terminal acetylenes is 1. The lowest BCUT2D eigenvalue weighted by Gasteiger charge is -2.10. The highest BCUT2D eigenvalue weighted by atomic mass is 16.3. The van der Waals surface area contributed by atoms with Crippen molar-refractivity contribution in [3.63, 3.8) is 0 Å². The lowest BCUT2D eigenvalue weighted by Crippen LogP contribution is -2.01. The molecule has 0 aliphatic rings. The summed E-state index contributed by atoms with van der Waals surface area (Å²) < 4.78 is 0. The molecule has 0 aromatic heterocycles. The quantitative estimate of drug-likeness (QED) is 0.581. The summed E-state index contributed by atoms with van der Waals surface area (Å²) in [6.07, 6.45) is 10.5. The molecule has 0 aliphatic carbocycles. The van der Waals surface area contributed by atoms with Crippen LogP contribution in [0.1, 0.15) is 39.0 Å². The molecule has 1 unspecified atom stereocenters. The highest BCUT2D eigenvalue weighted by Crippen LogP contribution is 2.15. The molecule has 0 bridgehead atoms. The lowest BCUT2D eigenvalue weighted by atomic mass is 9.96. The van der Waals surface area contributed by atoms with Crippen molar-refractivity contribution in [3.8, 4) is 12.3 Å². The molecular formula is C10H18O. The van der Waals surface area contributed by atoms with Crippen molar-refractivity contribution in [1.82, 2.24) is 0 Å². The summed E-state index contributed by atoms with van der Waals surface area (Å²) in [5, 5.41) is 8.69. The second kappa shape index (κ2) is 7.63. The third-order valence-electron chi connectivity index (χ3n) is 1.91. The Kier molecular flexibility index (Phi) is 7.29. The monoisotopic (exact) mass is 154 g/mol. The normalized spacial score (nSPS) is 12.5. The average molecular weight is 154 g/mol. The van der Waals surface area contributed by atoms with Gasteiger partial charge in [0.1, 0.15) is 0 Å². The van der Waals surface area contributed by atoms with Crippen molar-refractivity contribution in [2.24, 2.45) is 5.92 Å². The van der Waals surface area contributed by atoms with Gasteiger partial charge in [-0.15, -0.1) is 12.3 Å². The minimum Gasteiger partial charge on any atom is -0.396 e. The van der Waals surface area contributed by atoms with E-state index in [0.29, 0.717) is 5.92 Å². The largest absolute Gasteiger partial charge is 0.396 e. The average Bonchev–Trinajstić information content (AvgIpc) is 2.01. The van der Waals surface area contributed by atoms with Crippen LogP contribution in [-0.4, -0.2) is 11.7 Å². The van der Waals surface area contributed by atoms with Crippen LogP contribution in [-0.2, 0) is 0 Å². The van der Waals surface area contributed by atoms with E-state index >= 15 is 0 Å². The van der Waals surface area contributed by atoms with E-state index in [4.69, 9.17) is 11.5 Å². The molecular weight excluding hydrogens is 136 g/mol. The smallest absolute Gasteiger partial charge is 0.0434 e. The van der Waals surface area contributed by atoms with Crippen LogP contribution in [0.3, 0.4) is 0 Å². The van der Waals surface area contributed by atoms with Crippen LogP contribution < -0.4 is 0 Å². The molecule has 0 spiro atoms. The molecule has 0 saturated carbocycles. The van der Waals surface area contributed by atoms with Gasteiger partial charge in [-0.25, -0.2) is 0 Å².